The molecule has 1 N–H and O–H groups in total. The van der Waals surface area contributed by atoms with Crippen LogP contribution >= 0.6 is 11.8 Å². The van der Waals surface area contributed by atoms with Gasteiger partial charge in [-0.2, -0.15) is 11.8 Å². The van der Waals surface area contributed by atoms with Crippen LogP contribution in [0.5, 0.6) is 0 Å². The molecule has 0 saturated carbocycles. The minimum Gasteiger partial charge on any atom is -0.314 e. The maximum absolute atomic E-state index is 3.59. The Hall–Kier alpha value is 0.270. The Morgan fingerprint density at radius 1 is 1.50 bits per heavy atom. The van der Waals surface area contributed by atoms with Gasteiger partial charge in [0.15, 0.2) is 0 Å². The first kappa shape index (κ1) is 14.3. The molecule has 0 bridgehead atoms. The fraction of sp³-hybridized carbons (Fsp3) is 1.00. The molecule has 3 atom stereocenters. The molecule has 0 radical (unpaired) electrons. The van der Waals surface area contributed by atoms with Crippen LogP contribution in [-0.2, 0) is 0 Å². The lowest BCUT2D eigenvalue weighted by atomic mass is 9.96. The van der Waals surface area contributed by atoms with Crippen LogP contribution in [0.15, 0.2) is 0 Å². The van der Waals surface area contributed by atoms with Crippen molar-refractivity contribution in [3.05, 3.63) is 0 Å². The van der Waals surface area contributed by atoms with Gasteiger partial charge in [-0.15, -0.1) is 0 Å². The van der Waals surface area contributed by atoms with Gasteiger partial charge in [0.05, 0.1) is 0 Å². The van der Waals surface area contributed by atoms with E-state index in [2.05, 4.69) is 37.2 Å². The maximum atomic E-state index is 3.59. The van der Waals surface area contributed by atoms with Crippen LogP contribution in [0.1, 0.15) is 40.0 Å². The lowest BCUT2D eigenvalue weighted by molar-refractivity contribution is 0.0946. The van der Waals surface area contributed by atoms with Gasteiger partial charge in [0.1, 0.15) is 0 Å². The van der Waals surface area contributed by atoms with Crippen LogP contribution in [-0.4, -0.2) is 48.1 Å². The van der Waals surface area contributed by atoms with Crippen LogP contribution in [0.3, 0.4) is 0 Å². The summed E-state index contributed by atoms with van der Waals surface area (Å²) < 4.78 is 0. The zero-order valence-corrected chi connectivity index (χ0v) is 12.1. The van der Waals surface area contributed by atoms with E-state index >= 15 is 0 Å². The molecule has 96 valence electrons. The Morgan fingerprint density at radius 3 is 2.81 bits per heavy atom. The second-order valence-corrected chi connectivity index (χ2v) is 5.98. The topological polar surface area (TPSA) is 15.3 Å². The first-order valence-corrected chi connectivity index (χ1v) is 8.06. The molecule has 3 heteroatoms. The molecule has 1 rings (SSSR count). The summed E-state index contributed by atoms with van der Waals surface area (Å²) in [6.45, 7) is 9.37. The van der Waals surface area contributed by atoms with Crippen LogP contribution in [0.2, 0.25) is 0 Å². The van der Waals surface area contributed by atoms with E-state index in [1.165, 1.54) is 31.6 Å². The van der Waals surface area contributed by atoms with Crippen molar-refractivity contribution in [2.24, 2.45) is 0 Å². The van der Waals surface area contributed by atoms with Crippen molar-refractivity contribution in [2.75, 3.05) is 25.1 Å². The minimum atomic E-state index is 0.745. The number of nitrogens with one attached hydrogen (secondary N) is 1. The number of likely N-dealkylation sites (tertiary alicyclic amines) is 1. The molecule has 1 heterocycles. The molecular formula is C13H28N2S. The number of nitrogens with zero attached hydrogens (tertiary/aromatic N) is 1. The zero-order valence-electron chi connectivity index (χ0n) is 11.3. The number of piperidine rings is 1. The molecular weight excluding hydrogens is 216 g/mol. The third kappa shape index (κ3) is 4.27. The van der Waals surface area contributed by atoms with E-state index in [4.69, 9.17) is 0 Å². The van der Waals surface area contributed by atoms with Gasteiger partial charge in [-0.3, -0.25) is 4.90 Å². The molecule has 3 unspecified atom stereocenters. The molecule has 1 aliphatic rings. The standard InChI is InChI=1S/C13H28N2S/c1-5-14-13-6-8-15(12(3)10-13)11(2)7-9-16-4/h11-14H,5-10H2,1-4H3. The Kier molecular flexibility index (Phi) is 6.78. The summed E-state index contributed by atoms with van der Waals surface area (Å²) >= 11 is 1.96. The Morgan fingerprint density at radius 2 is 2.25 bits per heavy atom. The van der Waals surface area contributed by atoms with Crippen LogP contribution in [0.4, 0.5) is 0 Å². The third-order valence-electron chi connectivity index (χ3n) is 3.73. The highest BCUT2D eigenvalue weighted by Crippen LogP contribution is 2.21. The maximum Gasteiger partial charge on any atom is 0.00939 e. The van der Waals surface area contributed by atoms with Gasteiger partial charge in [0.25, 0.3) is 0 Å². The summed E-state index contributed by atoms with van der Waals surface area (Å²) in [5.41, 5.74) is 0. The van der Waals surface area contributed by atoms with Crippen molar-refractivity contribution in [1.82, 2.24) is 10.2 Å². The number of hydrogen-bond donors (Lipinski definition) is 1. The lowest BCUT2D eigenvalue weighted by Gasteiger charge is -2.41. The Bertz CT molecular complexity index is 187. The minimum absolute atomic E-state index is 0.745. The molecule has 1 fully saturated rings. The van der Waals surface area contributed by atoms with E-state index in [9.17, 15) is 0 Å². The van der Waals surface area contributed by atoms with E-state index in [1.807, 2.05) is 11.8 Å². The predicted octanol–water partition coefficient (Wildman–Crippen LogP) is 2.59. The summed E-state index contributed by atoms with van der Waals surface area (Å²) in [5, 5.41) is 3.59. The molecule has 16 heavy (non-hydrogen) atoms. The number of rotatable bonds is 6. The molecule has 0 aromatic heterocycles. The normalized spacial score (nSPS) is 29.2. The second-order valence-electron chi connectivity index (χ2n) is 5.00. The van der Waals surface area contributed by atoms with Gasteiger partial charge in [-0.1, -0.05) is 6.92 Å². The SMILES string of the molecule is CCNC1CCN(C(C)CCSC)C(C)C1. The molecule has 1 aliphatic heterocycles. The molecule has 0 spiro atoms. The molecule has 0 amide bonds. The second kappa shape index (κ2) is 7.57. The average molecular weight is 244 g/mol. The van der Waals surface area contributed by atoms with Gasteiger partial charge in [-0.05, 0) is 51.7 Å². The van der Waals surface area contributed by atoms with Crippen molar-refractivity contribution in [3.8, 4) is 0 Å². The van der Waals surface area contributed by atoms with Crippen LogP contribution < -0.4 is 5.32 Å². The summed E-state index contributed by atoms with van der Waals surface area (Å²) in [6, 6.07) is 2.25. The van der Waals surface area contributed by atoms with E-state index < -0.39 is 0 Å². The van der Waals surface area contributed by atoms with Gasteiger partial charge in [0.2, 0.25) is 0 Å². The monoisotopic (exact) mass is 244 g/mol. The summed E-state index contributed by atoms with van der Waals surface area (Å²) in [7, 11) is 0. The van der Waals surface area contributed by atoms with Crippen molar-refractivity contribution in [3.63, 3.8) is 0 Å². The van der Waals surface area contributed by atoms with Crippen LogP contribution in [0.25, 0.3) is 0 Å². The molecule has 0 aliphatic carbocycles. The van der Waals surface area contributed by atoms with Crippen LogP contribution in [0, 0.1) is 0 Å². The first-order chi connectivity index (χ1) is 7.69. The van der Waals surface area contributed by atoms with Crippen molar-refractivity contribution in [1.29, 1.82) is 0 Å². The van der Waals surface area contributed by atoms with Gasteiger partial charge >= 0.3 is 0 Å². The Labute approximate surface area is 106 Å². The molecule has 0 aromatic rings. The van der Waals surface area contributed by atoms with E-state index in [-0.39, 0.29) is 0 Å². The zero-order chi connectivity index (χ0) is 12.0. The highest BCUT2D eigenvalue weighted by atomic mass is 32.2. The highest BCUT2D eigenvalue weighted by Gasteiger charge is 2.27. The smallest absolute Gasteiger partial charge is 0.00939 e. The third-order valence-corrected chi connectivity index (χ3v) is 4.37. The number of hydrogen-bond acceptors (Lipinski definition) is 3. The first-order valence-electron chi connectivity index (χ1n) is 6.67. The average Bonchev–Trinajstić information content (AvgIpc) is 2.26. The summed E-state index contributed by atoms with van der Waals surface area (Å²) in [4.78, 5) is 2.70. The van der Waals surface area contributed by atoms with Crippen molar-refractivity contribution < 1.29 is 0 Å². The highest BCUT2D eigenvalue weighted by molar-refractivity contribution is 7.98. The molecule has 0 aromatic carbocycles. The van der Waals surface area contributed by atoms with Gasteiger partial charge in [0, 0.05) is 24.7 Å². The molecule has 2 nitrogen and oxygen atoms in total. The summed E-state index contributed by atoms with van der Waals surface area (Å²) in [5.74, 6) is 1.29. The summed E-state index contributed by atoms with van der Waals surface area (Å²) in [6.07, 6.45) is 6.17. The number of thioether (sulfide) groups is 1. The largest absolute Gasteiger partial charge is 0.314 e. The van der Waals surface area contributed by atoms with Crippen molar-refractivity contribution >= 4 is 11.8 Å². The Balaban J connectivity index is 2.34. The predicted molar refractivity (Wildman–Crippen MR) is 75.3 cm³/mol. The molecule has 1 saturated heterocycles. The fourth-order valence-electron chi connectivity index (χ4n) is 2.77. The van der Waals surface area contributed by atoms with E-state index in [1.54, 1.807) is 0 Å². The van der Waals surface area contributed by atoms with E-state index in [0.29, 0.717) is 0 Å². The van der Waals surface area contributed by atoms with E-state index in [0.717, 1.165) is 24.7 Å². The van der Waals surface area contributed by atoms with Crippen molar-refractivity contribution in [2.45, 2.75) is 58.2 Å². The lowest BCUT2D eigenvalue weighted by Crippen LogP contribution is -2.50. The quantitative estimate of drug-likeness (QED) is 0.773. The van der Waals surface area contributed by atoms with Gasteiger partial charge in [-0.25, -0.2) is 0 Å². The van der Waals surface area contributed by atoms with Gasteiger partial charge < -0.3 is 5.32 Å². The fourth-order valence-corrected chi connectivity index (χ4v) is 3.35.